The zero-order valence-electron chi connectivity index (χ0n) is 7.26. The number of carboxylic acid groups (broad SMARTS) is 1. The van der Waals surface area contributed by atoms with Crippen LogP contribution in [0.5, 0.6) is 0 Å². The van der Waals surface area contributed by atoms with Gasteiger partial charge in [-0.1, -0.05) is 13.2 Å². The lowest BCUT2D eigenvalue weighted by Gasteiger charge is -1.82. The lowest BCUT2D eigenvalue weighted by atomic mass is 10.4. The van der Waals surface area contributed by atoms with Crippen molar-refractivity contribution in [3.05, 3.63) is 24.8 Å². The molecule has 0 saturated heterocycles. The maximum absolute atomic E-state index is 9.95. The van der Waals surface area contributed by atoms with Crippen molar-refractivity contribution in [2.75, 3.05) is 7.05 Å². The fourth-order valence-electron chi connectivity index (χ4n) is 0.102. The Bertz CT molecular complexity index is 182. The molecule has 0 fully saturated rings. The average Bonchev–Trinajstić information content (AvgIpc) is 2.04. The molecular weight excluding hydrogens is 158 g/mol. The van der Waals surface area contributed by atoms with E-state index in [1.165, 1.54) is 13.0 Å². The Morgan fingerprint density at radius 2 is 1.83 bits per heavy atom. The first-order valence-electron chi connectivity index (χ1n) is 3.18. The van der Waals surface area contributed by atoms with Crippen molar-refractivity contribution in [2.24, 2.45) is 0 Å². The molecule has 4 nitrogen and oxygen atoms in total. The van der Waals surface area contributed by atoms with Gasteiger partial charge in [0, 0.05) is 12.6 Å². The maximum Gasteiger partial charge on any atom is 0.330 e. The Labute approximate surface area is 71.6 Å². The van der Waals surface area contributed by atoms with Gasteiger partial charge in [-0.3, -0.25) is 4.79 Å². The first-order valence-corrected chi connectivity index (χ1v) is 3.18. The zero-order chi connectivity index (χ0) is 10.1. The molecule has 0 aromatic rings. The summed E-state index contributed by atoms with van der Waals surface area (Å²) in [6, 6.07) is 0. The van der Waals surface area contributed by atoms with Crippen LogP contribution in [-0.4, -0.2) is 24.0 Å². The molecule has 0 aliphatic carbocycles. The van der Waals surface area contributed by atoms with E-state index >= 15 is 0 Å². The molecule has 0 rings (SSSR count). The molecule has 0 saturated carbocycles. The SMILES string of the molecule is C=C(C)C(=O)O.C=CC(=O)NC. The predicted molar refractivity (Wildman–Crippen MR) is 46.7 cm³/mol. The highest BCUT2D eigenvalue weighted by Crippen LogP contribution is 1.81. The van der Waals surface area contributed by atoms with E-state index in [1.807, 2.05) is 0 Å². The van der Waals surface area contributed by atoms with E-state index in [0.717, 1.165) is 0 Å². The van der Waals surface area contributed by atoms with Crippen molar-refractivity contribution in [1.82, 2.24) is 5.32 Å². The Kier molecular flexibility index (Phi) is 8.18. The quantitative estimate of drug-likeness (QED) is 0.597. The summed E-state index contributed by atoms with van der Waals surface area (Å²) in [7, 11) is 1.56. The van der Waals surface area contributed by atoms with E-state index in [2.05, 4.69) is 18.5 Å². The van der Waals surface area contributed by atoms with Crippen LogP contribution in [0.3, 0.4) is 0 Å². The number of nitrogens with one attached hydrogen (secondary N) is 1. The number of likely N-dealkylation sites (N-methyl/N-ethyl adjacent to an activating group) is 1. The summed E-state index contributed by atoms with van der Waals surface area (Å²) in [4.78, 5) is 19.6. The minimum absolute atomic E-state index is 0.144. The van der Waals surface area contributed by atoms with Crippen molar-refractivity contribution >= 4 is 11.9 Å². The molecule has 0 unspecified atom stereocenters. The van der Waals surface area contributed by atoms with Gasteiger partial charge < -0.3 is 10.4 Å². The highest BCUT2D eigenvalue weighted by atomic mass is 16.4. The largest absolute Gasteiger partial charge is 0.478 e. The Balaban J connectivity index is 0. The topological polar surface area (TPSA) is 66.4 Å². The standard InChI is InChI=1S/C4H7NO.C4H6O2/c1-3-4(6)5-2;1-3(2)4(5)6/h3H,1H2,2H3,(H,5,6);1H2,2H3,(H,5,6). The molecule has 2 N–H and O–H groups in total. The molecule has 12 heavy (non-hydrogen) atoms. The molecule has 0 heterocycles. The van der Waals surface area contributed by atoms with Crippen LogP contribution < -0.4 is 5.32 Å². The number of hydrogen-bond donors (Lipinski definition) is 2. The normalized spacial score (nSPS) is 7.17. The van der Waals surface area contributed by atoms with Crippen molar-refractivity contribution < 1.29 is 14.7 Å². The second-order valence-corrected chi connectivity index (χ2v) is 1.90. The molecule has 0 radical (unpaired) electrons. The Hall–Kier alpha value is -1.58. The molecule has 1 amide bonds. The Morgan fingerprint density at radius 3 is 1.83 bits per heavy atom. The molecule has 0 aromatic heterocycles. The number of hydrogen-bond acceptors (Lipinski definition) is 2. The highest BCUT2D eigenvalue weighted by Gasteiger charge is 1.90. The third-order valence-electron chi connectivity index (χ3n) is 0.797. The first kappa shape index (κ1) is 13.0. The van der Waals surface area contributed by atoms with E-state index in [4.69, 9.17) is 5.11 Å². The molecule has 68 valence electrons. The highest BCUT2D eigenvalue weighted by molar-refractivity contribution is 5.86. The number of carbonyl (C=O) groups excluding carboxylic acids is 1. The zero-order valence-corrected chi connectivity index (χ0v) is 7.26. The Morgan fingerprint density at radius 1 is 1.50 bits per heavy atom. The van der Waals surface area contributed by atoms with Gasteiger partial charge in [-0.05, 0) is 13.0 Å². The van der Waals surface area contributed by atoms with Gasteiger partial charge in [-0.15, -0.1) is 0 Å². The van der Waals surface area contributed by atoms with E-state index < -0.39 is 5.97 Å². The molecule has 0 aromatic carbocycles. The monoisotopic (exact) mass is 171 g/mol. The van der Waals surface area contributed by atoms with E-state index in [0.29, 0.717) is 0 Å². The van der Waals surface area contributed by atoms with Gasteiger partial charge in [0.1, 0.15) is 0 Å². The summed E-state index contributed by atoms with van der Waals surface area (Å²) < 4.78 is 0. The van der Waals surface area contributed by atoms with Gasteiger partial charge in [0.15, 0.2) is 0 Å². The van der Waals surface area contributed by atoms with Crippen LogP contribution in [0, 0.1) is 0 Å². The molecule has 4 heteroatoms. The molecule has 0 aliphatic heterocycles. The molecule has 0 bridgehead atoms. The summed E-state index contributed by atoms with van der Waals surface area (Å²) >= 11 is 0. The summed E-state index contributed by atoms with van der Waals surface area (Å²) in [6.45, 7) is 7.82. The number of carboxylic acids is 1. The second kappa shape index (κ2) is 7.53. The minimum Gasteiger partial charge on any atom is -0.478 e. The predicted octanol–water partition coefficient (Wildman–Crippen LogP) is 0.565. The first-order chi connectivity index (χ1) is 5.45. The maximum atomic E-state index is 9.95. The number of amides is 1. The van der Waals surface area contributed by atoms with Crippen molar-refractivity contribution in [2.45, 2.75) is 6.92 Å². The lowest BCUT2D eigenvalue weighted by molar-refractivity contribution is -0.132. The molecular formula is C8H13NO3. The van der Waals surface area contributed by atoms with Crippen LogP contribution in [0.4, 0.5) is 0 Å². The van der Waals surface area contributed by atoms with Crippen LogP contribution in [0.1, 0.15) is 6.92 Å². The number of carbonyl (C=O) groups is 2. The number of rotatable bonds is 2. The van der Waals surface area contributed by atoms with Gasteiger partial charge in [-0.2, -0.15) is 0 Å². The van der Waals surface area contributed by atoms with Gasteiger partial charge in [0.05, 0.1) is 0 Å². The average molecular weight is 171 g/mol. The van der Waals surface area contributed by atoms with Crippen LogP contribution in [-0.2, 0) is 9.59 Å². The van der Waals surface area contributed by atoms with E-state index in [1.54, 1.807) is 7.05 Å². The van der Waals surface area contributed by atoms with Crippen molar-refractivity contribution in [3.63, 3.8) is 0 Å². The fourth-order valence-corrected chi connectivity index (χ4v) is 0.102. The third-order valence-corrected chi connectivity index (χ3v) is 0.797. The van der Waals surface area contributed by atoms with Crippen molar-refractivity contribution in [1.29, 1.82) is 0 Å². The van der Waals surface area contributed by atoms with Crippen molar-refractivity contribution in [3.8, 4) is 0 Å². The summed E-state index contributed by atoms with van der Waals surface area (Å²) in [5, 5.41) is 10.2. The third kappa shape index (κ3) is 11.2. The van der Waals surface area contributed by atoms with Crippen LogP contribution in [0.2, 0.25) is 0 Å². The minimum atomic E-state index is -0.935. The van der Waals surface area contributed by atoms with Gasteiger partial charge in [-0.25, -0.2) is 4.79 Å². The summed E-state index contributed by atoms with van der Waals surface area (Å²) in [5.41, 5.74) is 0.176. The molecule has 0 aliphatic rings. The summed E-state index contributed by atoms with van der Waals surface area (Å²) in [6.07, 6.45) is 1.22. The second-order valence-electron chi connectivity index (χ2n) is 1.90. The van der Waals surface area contributed by atoms with Gasteiger partial charge >= 0.3 is 5.97 Å². The molecule has 0 spiro atoms. The summed E-state index contributed by atoms with van der Waals surface area (Å²) in [5.74, 6) is -1.08. The van der Waals surface area contributed by atoms with E-state index in [-0.39, 0.29) is 11.5 Å². The molecule has 0 atom stereocenters. The lowest BCUT2D eigenvalue weighted by Crippen LogP contribution is -2.13. The number of aliphatic carboxylic acids is 1. The van der Waals surface area contributed by atoms with Gasteiger partial charge in [0.2, 0.25) is 5.91 Å². The van der Waals surface area contributed by atoms with Crippen LogP contribution >= 0.6 is 0 Å². The smallest absolute Gasteiger partial charge is 0.330 e. The van der Waals surface area contributed by atoms with Crippen LogP contribution in [0.15, 0.2) is 24.8 Å². The van der Waals surface area contributed by atoms with E-state index in [9.17, 15) is 9.59 Å². The van der Waals surface area contributed by atoms with Gasteiger partial charge in [0.25, 0.3) is 0 Å². The van der Waals surface area contributed by atoms with Crippen LogP contribution in [0.25, 0.3) is 0 Å². The fraction of sp³-hybridized carbons (Fsp3) is 0.250.